The van der Waals surface area contributed by atoms with Crippen molar-refractivity contribution in [3.63, 3.8) is 0 Å². The maximum atomic E-state index is 13.3. The SMILES string of the molecule is CCC(C)N(C(=O)c1ccc(Br)cc1)C(O)(O)c1ccccc1OCCCCCC(=O)O. The molecule has 1 unspecified atom stereocenters. The number of hydrogen-bond acceptors (Lipinski definition) is 5. The van der Waals surface area contributed by atoms with Crippen LogP contribution >= 0.6 is 15.9 Å². The van der Waals surface area contributed by atoms with E-state index >= 15 is 0 Å². The molecule has 0 aliphatic carbocycles. The van der Waals surface area contributed by atoms with Crippen LogP contribution in [0.5, 0.6) is 5.75 Å². The van der Waals surface area contributed by atoms with E-state index in [0.717, 1.165) is 9.37 Å². The lowest BCUT2D eigenvalue weighted by molar-refractivity contribution is -0.266. The number of para-hydroxylation sites is 1. The zero-order valence-corrected chi connectivity index (χ0v) is 19.9. The Morgan fingerprint density at radius 2 is 1.72 bits per heavy atom. The van der Waals surface area contributed by atoms with Crippen molar-refractivity contribution in [3.05, 3.63) is 64.1 Å². The van der Waals surface area contributed by atoms with Gasteiger partial charge in [-0.2, -0.15) is 0 Å². The van der Waals surface area contributed by atoms with Gasteiger partial charge in [-0.15, -0.1) is 0 Å². The number of aliphatic carboxylic acids is 1. The van der Waals surface area contributed by atoms with Crippen LogP contribution in [0.25, 0.3) is 0 Å². The molecule has 1 atom stereocenters. The third kappa shape index (κ3) is 6.79. The van der Waals surface area contributed by atoms with Gasteiger partial charge in [0.25, 0.3) is 11.8 Å². The van der Waals surface area contributed by atoms with Crippen molar-refractivity contribution in [3.8, 4) is 5.75 Å². The van der Waals surface area contributed by atoms with Gasteiger partial charge in [-0.25, -0.2) is 0 Å². The number of halogens is 1. The van der Waals surface area contributed by atoms with Crippen molar-refractivity contribution >= 4 is 27.8 Å². The Hall–Kier alpha value is -2.42. The molecule has 0 saturated heterocycles. The van der Waals surface area contributed by atoms with E-state index in [0.29, 0.717) is 31.2 Å². The van der Waals surface area contributed by atoms with Gasteiger partial charge in [0.15, 0.2) is 0 Å². The number of carbonyl (C=O) groups excluding carboxylic acids is 1. The van der Waals surface area contributed by atoms with Crippen LogP contribution in [-0.2, 0) is 10.7 Å². The summed E-state index contributed by atoms with van der Waals surface area (Å²) in [7, 11) is 0. The number of nitrogens with zero attached hydrogens (tertiary/aromatic N) is 1. The molecule has 2 aromatic carbocycles. The lowest BCUT2D eigenvalue weighted by Gasteiger charge is -2.40. The molecular formula is C24H30BrNO6. The fourth-order valence-corrected chi connectivity index (χ4v) is 3.56. The van der Waals surface area contributed by atoms with Crippen molar-refractivity contribution < 1.29 is 29.6 Å². The number of amides is 1. The third-order valence-electron chi connectivity index (χ3n) is 5.22. The molecule has 0 fully saturated rings. The van der Waals surface area contributed by atoms with E-state index in [4.69, 9.17) is 9.84 Å². The fourth-order valence-electron chi connectivity index (χ4n) is 3.30. The van der Waals surface area contributed by atoms with E-state index in [1.807, 2.05) is 6.92 Å². The Kier molecular flexibility index (Phi) is 9.68. The minimum absolute atomic E-state index is 0.0660. The Bertz CT molecular complexity index is 900. The monoisotopic (exact) mass is 507 g/mol. The second kappa shape index (κ2) is 12.0. The van der Waals surface area contributed by atoms with Crippen molar-refractivity contribution in [2.75, 3.05) is 6.61 Å². The second-order valence-corrected chi connectivity index (χ2v) is 8.54. The van der Waals surface area contributed by atoms with E-state index < -0.39 is 23.8 Å². The number of carboxylic acids is 1. The number of aliphatic hydroxyl groups is 2. The zero-order valence-electron chi connectivity index (χ0n) is 18.3. The molecule has 0 aliphatic rings. The smallest absolute Gasteiger partial charge is 0.303 e. The van der Waals surface area contributed by atoms with E-state index in [9.17, 15) is 19.8 Å². The van der Waals surface area contributed by atoms with Crippen LogP contribution < -0.4 is 4.74 Å². The Morgan fingerprint density at radius 3 is 2.34 bits per heavy atom. The van der Waals surface area contributed by atoms with Gasteiger partial charge in [-0.3, -0.25) is 14.5 Å². The molecular weight excluding hydrogens is 478 g/mol. The largest absolute Gasteiger partial charge is 0.493 e. The van der Waals surface area contributed by atoms with Crippen LogP contribution in [-0.4, -0.2) is 44.7 Å². The van der Waals surface area contributed by atoms with Crippen molar-refractivity contribution in [1.82, 2.24) is 4.90 Å². The third-order valence-corrected chi connectivity index (χ3v) is 5.75. The van der Waals surface area contributed by atoms with Gasteiger partial charge in [0.05, 0.1) is 12.2 Å². The van der Waals surface area contributed by atoms with Gasteiger partial charge in [0.2, 0.25) is 0 Å². The predicted octanol–water partition coefficient (Wildman–Crippen LogP) is 4.51. The van der Waals surface area contributed by atoms with Gasteiger partial charge in [0.1, 0.15) is 5.75 Å². The van der Waals surface area contributed by atoms with Crippen LogP contribution in [0.2, 0.25) is 0 Å². The maximum Gasteiger partial charge on any atom is 0.303 e. The predicted molar refractivity (Wildman–Crippen MR) is 124 cm³/mol. The van der Waals surface area contributed by atoms with Crippen molar-refractivity contribution in [2.24, 2.45) is 0 Å². The van der Waals surface area contributed by atoms with Crippen molar-refractivity contribution in [1.29, 1.82) is 0 Å². The number of carboxylic acid groups (broad SMARTS) is 1. The number of benzene rings is 2. The highest BCUT2D eigenvalue weighted by Gasteiger charge is 2.42. The summed E-state index contributed by atoms with van der Waals surface area (Å²) < 4.78 is 6.59. The molecule has 3 N–H and O–H groups in total. The van der Waals surface area contributed by atoms with E-state index in [-0.39, 0.29) is 24.3 Å². The average molecular weight is 508 g/mol. The average Bonchev–Trinajstić information content (AvgIpc) is 2.76. The first-order chi connectivity index (χ1) is 15.2. The standard InChI is InChI=1S/C24H30BrNO6/c1-3-17(2)26(23(29)18-12-14-19(25)15-13-18)24(30,31)20-9-6-7-10-21(20)32-16-8-4-5-11-22(27)28/h6-7,9-10,12-15,17,30-31H,3-5,8,11,16H2,1-2H3,(H,27,28). The first kappa shape index (κ1) is 25.8. The molecule has 32 heavy (non-hydrogen) atoms. The van der Waals surface area contributed by atoms with Crippen LogP contribution in [0, 0.1) is 0 Å². The summed E-state index contributed by atoms with van der Waals surface area (Å²) in [5.41, 5.74) is 0.397. The Balaban J connectivity index is 2.25. The number of carbonyl (C=O) groups is 2. The number of unbranched alkanes of at least 4 members (excludes halogenated alkanes) is 2. The number of ether oxygens (including phenoxy) is 1. The van der Waals surface area contributed by atoms with Gasteiger partial charge in [-0.1, -0.05) is 35.0 Å². The molecule has 8 heteroatoms. The summed E-state index contributed by atoms with van der Waals surface area (Å²) in [6.07, 6.45) is 2.47. The fraction of sp³-hybridized carbons (Fsp3) is 0.417. The van der Waals surface area contributed by atoms with Gasteiger partial charge in [0, 0.05) is 22.5 Å². The molecule has 2 rings (SSSR count). The summed E-state index contributed by atoms with van der Waals surface area (Å²) >= 11 is 3.34. The summed E-state index contributed by atoms with van der Waals surface area (Å²) in [6, 6.07) is 12.7. The highest BCUT2D eigenvalue weighted by Crippen LogP contribution is 2.34. The number of rotatable bonds is 12. The highest BCUT2D eigenvalue weighted by molar-refractivity contribution is 9.10. The first-order valence-corrected chi connectivity index (χ1v) is 11.5. The molecule has 0 bridgehead atoms. The molecule has 0 radical (unpaired) electrons. The lowest BCUT2D eigenvalue weighted by Crippen LogP contribution is -2.53. The highest BCUT2D eigenvalue weighted by atomic mass is 79.9. The van der Waals surface area contributed by atoms with E-state index in [1.165, 1.54) is 6.07 Å². The molecule has 0 heterocycles. The molecule has 7 nitrogen and oxygen atoms in total. The number of hydrogen-bond donors (Lipinski definition) is 3. The second-order valence-electron chi connectivity index (χ2n) is 7.62. The first-order valence-electron chi connectivity index (χ1n) is 10.7. The topological polar surface area (TPSA) is 107 Å². The maximum absolute atomic E-state index is 13.3. The molecule has 0 aliphatic heterocycles. The quantitative estimate of drug-likeness (QED) is 0.288. The van der Waals surface area contributed by atoms with Gasteiger partial charge >= 0.3 is 5.97 Å². The summed E-state index contributed by atoms with van der Waals surface area (Å²) in [5.74, 6) is -3.69. The van der Waals surface area contributed by atoms with Gasteiger partial charge < -0.3 is 20.1 Å². The van der Waals surface area contributed by atoms with Crippen molar-refractivity contribution in [2.45, 2.75) is 57.9 Å². The van der Waals surface area contributed by atoms with Crippen LogP contribution in [0.1, 0.15) is 61.9 Å². The Labute approximate surface area is 196 Å². The normalized spacial score (nSPS) is 12.3. The molecule has 0 saturated carbocycles. The summed E-state index contributed by atoms with van der Waals surface area (Å²) in [4.78, 5) is 24.9. The minimum Gasteiger partial charge on any atom is -0.493 e. The van der Waals surface area contributed by atoms with E-state index in [1.54, 1.807) is 49.4 Å². The summed E-state index contributed by atoms with van der Waals surface area (Å²) in [6.45, 7) is 3.91. The molecule has 174 valence electrons. The lowest BCUT2D eigenvalue weighted by atomic mass is 10.0. The molecule has 0 aromatic heterocycles. The Morgan fingerprint density at radius 1 is 1.06 bits per heavy atom. The van der Waals surface area contributed by atoms with Crippen LogP contribution in [0.15, 0.2) is 53.0 Å². The van der Waals surface area contributed by atoms with Gasteiger partial charge in [-0.05, 0) is 69.0 Å². The molecule has 2 aromatic rings. The van der Waals surface area contributed by atoms with E-state index in [2.05, 4.69) is 15.9 Å². The molecule has 0 spiro atoms. The zero-order chi connectivity index (χ0) is 23.7. The van der Waals surface area contributed by atoms with Crippen LogP contribution in [0.3, 0.4) is 0 Å². The minimum atomic E-state index is -2.60. The summed E-state index contributed by atoms with van der Waals surface area (Å²) in [5, 5.41) is 31.2. The van der Waals surface area contributed by atoms with Crippen LogP contribution in [0.4, 0.5) is 0 Å². The molecule has 1 amide bonds.